The minimum absolute atomic E-state index is 0.525. The fraction of sp³-hybridized carbons (Fsp3) is 0.800. The maximum absolute atomic E-state index is 9.15. The number of hydrogen-bond donors (Lipinski definition) is 0. The van der Waals surface area contributed by atoms with E-state index in [0.29, 0.717) is 11.7 Å². The molecule has 0 saturated heterocycles. The zero-order chi connectivity index (χ0) is 13.0. The van der Waals surface area contributed by atoms with Gasteiger partial charge in [-0.15, -0.1) is 5.10 Å². The first-order valence-electron chi connectivity index (χ1n) is 7.64. The minimum atomic E-state index is 0.525. The van der Waals surface area contributed by atoms with Crippen molar-refractivity contribution in [2.75, 3.05) is 0 Å². The van der Waals surface area contributed by atoms with Crippen LogP contribution in [0.1, 0.15) is 56.5 Å². The SMILES string of the molecule is CCc1c(C#N)nnn1C1C2CC3CC(C2)CC1C3. The topological polar surface area (TPSA) is 54.5 Å². The molecule has 1 aromatic heterocycles. The van der Waals surface area contributed by atoms with Gasteiger partial charge in [0.05, 0.1) is 11.7 Å². The van der Waals surface area contributed by atoms with E-state index >= 15 is 0 Å². The number of hydrogen-bond acceptors (Lipinski definition) is 3. The van der Waals surface area contributed by atoms with Crippen molar-refractivity contribution in [1.29, 1.82) is 5.26 Å². The molecule has 4 saturated carbocycles. The smallest absolute Gasteiger partial charge is 0.185 e. The number of nitriles is 1. The summed E-state index contributed by atoms with van der Waals surface area (Å²) in [6.45, 7) is 2.10. The van der Waals surface area contributed by atoms with E-state index in [2.05, 4.69) is 28.0 Å². The molecule has 0 radical (unpaired) electrons. The predicted molar refractivity (Wildman–Crippen MR) is 70.2 cm³/mol. The normalized spacial score (nSPS) is 39.5. The fourth-order valence-corrected chi connectivity index (χ4v) is 5.26. The lowest BCUT2D eigenvalue weighted by Crippen LogP contribution is -2.46. The number of nitrogens with zero attached hydrogens (tertiary/aromatic N) is 4. The van der Waals surface area contributed by atoms with Crippen LogP contribution in [0.3, 0.4) is 0 Å². The van der Waals surface area contributed by atoms with E-state index in [1.807, 2.05) is 0 Å². The zero-order valence-electron chi connectivity index (χ0n) is 11.4. The molecule has 0 amide bonds. The van der Waals surface area contributed by atoms with Crippen LogP contribution in [0.25, 0.3) is 0 Å². The number of aromatic nitrogens is 3. The molecular weight excluding hydrogens is 236 g/mol. The molecule has 4 bridgehead atoms. The van der Waals surface area contributed by atoms with Gasteiger partial charge in [-0.25, -0.2) is 4.68 Å². The summed E-state index contributed by atoms with van der Waals surface area (Å²) in [5, 5.41) is 17.6. The Balaban J connectivity index is 1.73. The van der Waals surface area contributed by atoms with Gasteiger partial charge in [-0.2, -0.15) is 5.26 Å². The Bertz CT molecular complexity index is 511. The average Bonchev–Trinajstić information content (AvgIpc) is 2.80. The standard InChI is InChI=1S/C15H20N4/c1-2-14-13(8-16)17-18-19(14)15-11-4-9-3-10(6-11)7-12(15)5-9/h9-12,15H,2-7H2,1H3. The van der Waals surface area contributed by atoms with Gasteiger partial charge in [0.1, 0.15) is 6.07 Å². The van der Waals surface area contributed by atoms with Crippen LogP contribution in [0.5, 0.6) is 0 Å². The molecule has 4 aliphatic carbocycles. The maximum atomic E-state index is 9.15. The molecule has 0 unspecified atom stereocenters. The highest BCUT2D eigenvalue weighted by molar-refractivity contribution is 5.25. The Morgan fingerprint density at radius 2 is 1.79 bits per heavy atom. The van der Waals surface area contributed by atoms with Crippen LogP contribution in [-0.2, 0) is 6.42 Å². The molecule has 0 aliphatic heterocycles. The molecule has 0 N–H and O–H groups in total. The van der Waals surface area contributed by atoms with Crippen LogP contribution < -0.4 is 0 Å². The Labute approximate surface area is 113 Å². The molecule has 19 heavy (non-hydrogen) atoms. The molecule has 4 aliphatic rings. The van der Waals surface area contributed by atoms with Crippen LogP contribution in [0, 0.1) is 35.0 Å². The monoisotopic (exact) mass is 256 g/mol. The van der Waals surface area contributed by atoms with E-state index < -0.39 is 0 Å². The lowest BCUT2D eigenvalue weighted by Gasteiger charge is -2.54. The van der Waals surface area contributed by atoms with Gasteiger partial charge in [-0.1, -0.05) is 12.1 Å². The number of rotatable bonds is 2. The summed E-state index contributed by atoms with van der Waals surface area (Å²) in [5.74, 6) is 3.52. The second-order valence-corrected chi connectivity index (χ2v) is 6.72. The summed E-state index contributed by atoms with van der Waals surface area (Å²) in [7, 11) is 0. The molecule has 0 atom stereocenters. The predicted octanol–water partition coefficient (Wildman–Crippen LogP) is 2.71. The Hall–Kier alpha value is -1.37. The van der Waals surface area contributed by atoms with Crippen LogP contribution in [-0.4, -0.2) is 15.0 Å². The summed E-state index contributed by atoms with van der Waals surface area (Å²) >= 11 is 0. The van der Waals surface area contributed by atoms with Gasteiger partial charge < -0.3 is 0 Å². The Kier molecular flexibility index (Phi) is 2.45. The van der Waals surface area contributed by atoms with Crippen molar-refractivity contribution in [3.8, 4) is 6.07 Å². The fourth-order valence-electron chi connectivity index (χ4n) is 5.26. The molecule has 100 valence electrons. The third kappa shape index (κ3) is 1.57. The summed E-state index contributed by atoms with van der Waals surface area (Å²) in [6.07, 6.45) is 7.84. The maximum Gasteiger partial charge on any atom is 0.185 e. The quantitative estimate of drug-likeness (QED) is 0.817. The summed E-state index contributed by atoms with van der Waals surface area (Å²) < 4.78 is 2.13. The van der Waals surface area contributed by atoms with E-state index in [1.165, 1.54) is 32.1 Å². The molecule has 0 spiro atoms. The first-order chi connectivity index (χ1) is 9.30. The lowest BCUT2D eigenvalue weighted by molar-refractivity contribution is -0.0352. The van der Waals surface area contributed by atoms with Crippen LogP contribution in [0.4, 0.5) is 0 Å². The van der Waals surface area contributed by atoms with Gasteiger partial charge in [0.25, 0.3) is 0 Å². The third-order valence-electron chi connectivity index (χ3n) is 5.69. The van der Waals surface area contributed by atoms with Crippen molar-refractivity contribution in [3.63, 3.8) is 0 Å². The summed E-state index contributed by atoms with van der Waals surface area (Å²) in [4.78, 5) is 0. The van der Waals surface area contributed by atoms with Gasteiger partial charge in [0.2, 0.25) is 0 Å². The first-order valence-corrected chi connectivity index (χ1v) is 7.64. The van der Waals surface area contributed by atoms with Gasteiger partial charge >= 0.3 is 0 Å². The molecule has 1 heterocycles. The molecule has 0 aromatic carbocycles. The highest BCUT2D eigenvalue weighted by Crippen LogP contribution is 2.58. The second kappa shape index (κ2) is 4.06. The van der Waals surface area contributed by atoms with Crippen LogP contribution in [0.2, 0.25) is 0 Å². The highest BCUT2D eigenvalue weighted by atomic mass is 15.4. The zero-order valence-corrected chi connectivity index (χ0v) is 11.4. The van der Waals surface area contributed by atoms with E-state index in [-0.39, 0.29) is 0 Å². The Morgan fingerprint density at radius 1 is 1.16 bits per heavy atom. The highest BCUT2D eigenvalue weighted by Gasteiger charge is 2.49. The van der Waals surface area contributed by atoms with Crippen molar-refractivity contribution < 1.29 is 0 Å². The third-order valence-corrected chi connectivity index (χ3v) is 5.69. The first kappa shape index (κ1) is 11.5. The summed E-state index contributed by atoms with van der Waals surface area (Å²) in [5.41, 5.74) is 1.59. The van der Waals surface area contributed by atoms with Gasteiger partial charge in [-0.3, -0.25) is 0 Å². The van der Waals surface area contributed by atoms with Crippen molar-refractivity contribution in [2.45, 2.75) is 51.5 Å². The van der Waals surface area contributed by atoms with Gasteiger partial charge in [-0.05, 0) is 62.2 Å². The van der Waals surface area contributed by atoms with Crippen molar-refractivity contribution >= 4 is 0 Å². The molecule has 4 heteroatoms. The van der Waals surface area contributed by atoms with Crippen molar-refractivity contribution in [1.82, 2.24) is 15.0 Å². The van der Waals surface area contributed by atoms with E-state index in [0.717, 1.165) is 35.8 Å². The summed E-state index contributed by atoms with van der Waals surface area (Å²) in [6, 6.07) is 2.72. The Morgan fingerprint density at radius 3 is 2.32 bits per heavy atom. The molecule has 4 fully saturated rings. The second-order valence-electron chi connectivity index (χ2n) is 6.72. The average molecular weight is 256 g/mol. The van der Waals surface area contributed by atoms with Gasteiger partial charge in [0.15, 0.2) is 5.69 Å². The van der Waals surface area contributed by atoms with Gasteiger partial charge in [0, 0.05) is 0 Å². The minimum Gasteiger partial charge on any atom is -0.244 e. The molecule has 1 aromatic rings. The van der Waals surface area contributed by atoms with Crippen molar-refractivity contribution in [3.05, 3.63) is 11.4 Å². The largest absolute Gasteiger partial charge is 0.244 e. The molecule has 4 nitrogen and oxygen atoms in total. The van der Waals surface area contributed by atoms with E-state index in [4.69, 9.17) is 5.26 Å². The molecular formula is C15H20N4. The van der Waals surface area contributed by atoms with Crippen LogP contribution in [0.15, 0.2) is 0 Å². The van der Waals surface area contributed by atoms with E-state index in [9.17, 15) is 0 Å². The van der Waals surface area contributed by atoms with E-state index in [1.54, 1.807) is 0 Å². The lowest BCUT2D eigenvalue weighted by atomic mass is 9.54. The van der Waals surface area contributed by atoms with Crippen molar-refractivity contribution in [2.24, 2.45) is 23.7 Å². The molecule has 5 rings (SSSR count). The van der Waals surface area contributed by atoms with Crippen LogP contribution >= 0.6 is 0 Å².